The molecule has 4 rings (SSSR count). The Hall–Kier alpha value is -1.80. The van der Waals surface area contributed by atoms with E-state index in [1.165, 1.54) is 6.07 Å². The van der Waals surface area contributed by atoms with E-state index >= 15 is 0 Å². The summed E-state index contributed by atoms with van der Waals surface area (Å²) in [6.45, 7) is 3.73. The van der Waals surface area contributed by atoms with Gasteiger partial charge in [0.15, 0.2) is 0 Å². The quantitative estimate of drug-likeness (QED) is 0.767. The maximum atomic E-state index is 13.7. The predicted molar refractivity (Wildman–Crippen MR) is 109 cm³/mol. The number of carbonyl (C=O) groups is 1. The summed E-state index contributed by atoms with van der Waals surface area (Å²) in [6.07, 6.45) is 1.77. The molecule has 1 aromatic rings. The molecule has 0 aliphatic carbocycles. The van der Waals surface area contributed by atoms with Crippen LogP contribution in [0.1, 0.15) is 56.1 Å². The average Bonchev–Trinajstić information content (AvgIpc) is 3.08. The number of carboxylic acids is 1. The van der Waals surface area contributed by atoms with Crippen LogP contribution in [0.3, 0.4) is 0 Å². The van der Waals surface area contributed by atoms with Crippen molar-refractivity contribution < 1.29 is 23.1 Å². The molecule has 5 nitrogen and oxygen atoms in total. The van der Waals surface area contributed by atoms with Gasteiger partial charge in [0.1, 0.15) is 6.04 Å². The van der Waals surface area contributed by atoms with Crippen molar-refractivity contribution in [2.75, 3.05) is 31.1 Å². The van der Waals surface area contributed by atoms with Gasteiger partial charge in [0.05, 0.1) is 5.56 Å². The first-order chi connectivity index (χ1) is 14.3. The number of alkyl halides is 3. The van der Waals surface area contributed by atoms with Gasteiger partial charge in [-0.2, -0.15) is 13.2 Å². The Bertz CT molecular complexity index is 777. The minimum absolute atomic E-state index is 0.0778. The number of benzene rings is 1. The molecule has 1 spiro atoms. The van der Waals surface area contributed by atoms with Crippen molar-refractivity contribution in [3.63, 3.8) is 0 Å². The van der Waals surface area contributed by atoms with E-state index in [2.05, 4.69) is 10.2 Å². The minimum atomic E-state index is -4.46. The molecule has 2 N–H and O–H groups in total. The van der Waals surface area contributed by atoms with E-state index in [0.717, 1.165) is 64.2 Å². The van der Waals surface area contributed by atoms with E-state index in [0.29, 0.717) is 30.8 Å². The van der Waals surface area contributed by atoms with Gasteiger partial charge in [0.2, 0.25) is 0 Å². The van der Waals surface area contributed by atoms with Crippen LogP contribution in [-0.2, 0) is 17.5 Å². The summed E-state index contributed by atoms with van der Waals surface area (Å²) < 4.78 is 41.0. The first kappa shape index (κ1) is 21.4. The number of nitrogens with one attached hydrogen (secondary N) is 1. The number of likely N-dealkylation sites (tertiary alicyclic amines) is 1. The smallest absolute Gasteiger partial charge is 0.416 e. The monoisotopic (exact) mass is 425 g/mol. The number of halogens is 3. The van der Waals surface area contributed by atoms with Crippen LogP contribution >= 0.6 is 0 Å². The van der Waals surface area contributed by atoms with Crippen LogP contribution in [0.2, 0.25) is 0 Å². The molecule has 8 heteroatoms. The van der Waals surface area contributed by atoms with Crippen LogP contribution in [0.25, 0.3) is 0 Å². The third-order valence-electron chi connectivity index (χ3n) is 7.07. The first-order valence-electron chi connectivity index (χ1n) is 10.9. The van der Waals surface area contributed by atoms with Crippen LogP contribution < -0.4 is 10.2 Å². The summed E-state index contributed by atoms with van der Waals surface area (Å²) >= 11 is 0. The molecule has 0 bridgehead atoms. The standard InChI is InChI=1S/C22H30F3N3O2/c23-22(24,25)17-12-16(15-27-10-3-5-21(27)6-8-26-9-7-21)13-18(14-17)28-11-2-1-4-19(28)20(29)30/h12-14,19,26H,1-11,15H2,(H,29,30). The fraction of sp³-hybridized carbons (Fsp3) is 0.682. The third kappa shape index (κ3) is 4.30. The highest BCUT2D eigenvalue weighted by atomic mass is 19.4. The number of anilines is 1. The van der Waals surface area contributed by atoms with Crippen molar-refractivity contribution >= 4 is 11.7 Å². The van der Waals surface area contributed by atoms with Crippen molar-refractivity contribution in [1.29, 1.82) is 0 Å². The van der Waals surface area contributed by atoms with Gasteiger partial charge in [-0.05, 0) is 88.3 Å². The minimum Gasteiger partial charge on any atom is -0.480 e. The van der Waals surface area contributed by atoms with Crippen LogP contribution in [0.5, 0.6) is 0 Å². The Kier molecular flexibility index (Phi) is 5.99. The Morgan fingerprint density at radius 3 is 2.57 bits per heavy atom. The van der Waals surface area contributed by atoms with Crippen LogP contribution in [0.15, 0.2) is 18.2 Å². The molecule has 0 saturated carbocycles. The zero-order valence-corrected chi connectivity index (χ0v) is 17.2. The van der Waals surface area contributed by atoms with Crippen LogP contribution in [0.4, 0.5) is 18.9 Å². The molecule has 3 fully saturated rings. The second kappa shape index (κ2) is 8.38. The molecular formula is C22H30F3N3O2. The van der Waals surface area contributed by atoms with E-state index in [-0.39, 0.29) is 5.54 Å². The molecule has 3 saturated heterocycles. The largest absolute Gasteiger partial charge is 0.480 e. The van der Waals surface area contributed by atoms with E-state index in [1.807, 2.05) is 0 Å². The van der Waals surface area contributed by atoms with Crippen LogP contribution in [-0.4, -0.2) is 53.7 Å². The molecule has 3 heterocycles. The lowest BCUT2D eigenvalue weighted by Crippen LogP contribution is -2.50. The molecule has 1 aromatic carbocycles. The number of aliphatic carboxylic acids is 1. The lowest BCUT2D eigenvalue weighted by atomic mass is 9.85. The topological polar surface area (TPSA) is 55.8 Å². The van der Waals surface area contributed by atoms with Gasteiger partial charge in [0.25, 0.3) is 0 Å². The van der Waals surface area contributed by atoms with Gasteiger partial charge < -0.3 is 15.3 Å². The van der Waals surface area contributed by atoms with E-state index in [1.54, 1.807) is 11.0 Å². The molecular weight excluding hydrogens is 395 g/mol. The van der Waals surface area contributed by atoms with E-state index in [4.69, 9.17) is 0 Å². The predicted octanol–water partition coefficient (Wildman–Crippen LogP) is 3.87. The van der Waals surface area contributed by atoms with Crippen molar-refractivity contribution in [2.45, 2.75) is 69.2 Å². The molecule has 3 aliphatic heterocycles. The molecule has 0 aromatic heterocycles. The van der Waals surface area contributed by atoms with Crippen molar-refractivity contribution in [3.8, 4) is 0 Å². The van der Waals surface area contributed by atoms with Crippen molar-refractivity contribution in [2.24, 2.45) is 0 Å². The first-order valence-corrected chi connectivity index (χ1v) is 10.9. The van der Waals surface area contributed by atoms with Gasteiger partial charge in [-0.25, -0.2) is 4.79 Å². The third-order valence-corrected chi connectivity index (χ3v) is 7.07. The summed E-state index contributed by atoms with van der Waals surface area (Å²) in [6, 6.07) is 3.38. The van der Waals surface area contributed by atoms with Gasteiger partial charge >= 0.3 is 12.1 Å². The maximum Gasteiger partial charge on any atom is 0.416 e. The normalized spacial score (nSPS) is 25.0. The Morgan fingerprint density at radius 1 is 1.10 bits per heavy atom. The summed E-state index contributed by atoms with van der Waals surface area (Å²) in [4.78, 5) is 15.7. The van der Waals surface area contributed by atoms with Gasteiger partial charge in [0, 0.05) is 24.3 Å². The van der Waals surface area contributed by atoms with Gasteiger partial charge in [-0.1, -0.05) is 0 Å². The SMILES string of the molecule is O=C(O)C1CCCCN1c1cc(CN2CCCC23CCNCC3)cc(C(F)(F)F)c1. The number of rotatable bonds is 4. The number of hydrogen-bond donors (Lipinski definition) is 2. The molecule has 30 heavy (non-hydrogen) atoms. The fourth-order valence-corrected chi connectivity index (χ4v) is 5.51. The zero-order valence-electron chi connectivity index (χ0n) is 17.2. The summed E-state index contributed by atoms with van der Waals surface area (Å²) in [7, 11) is 0. The number of piperidine rings is 2. The maximum absolute atomic E-state index is 13.7. The highest BCUT2D eigenvalue weighted by Gasteiger charge is 2.42. The second-order valence-corrected chi connectivity index (χ2v) is 8.93. The number of hydrogen-bond acceptors (Lipinski definition) is 4. The average molecular weight is 425 g/mol. The van der Waals surface area contributed by atoms with E-state index < -0.39 is 23.8 Å². The lowest BCUT2D eigenvalue weighted by Gasteiger charge is -2.42. The van der Waals surface area contributed by atoms with Gasteiger partial charge in [-0.15, -0.1) is 0 Å². The zero-order chi connectivity index (χ0) is 21.4. The number of carboxylic acid groups (broad SMARTS) is 1. The Labute approximate surface area is 175 Å². The highest BCUT2D eigenvalue weighted by molar-refractivity contribution is 5.78. The summed E-state index contributed by atoms with van der Waals surface area (Å²) in [5.74, 6) is -0.970. The Morgan fingerprint density at radius 2 is 1.87 bits per heavy atom. The molecule has 166 valence electrons. The number of nitrogens with zero attached hydrogens (tertiary/aromatic N) is 2. The molecule has 0 amide bonds. The highest BCUT2D eigenvalue weighted by Crippen LogP contribution is 2.40. The molecule has 1 unspecified atom stereocenters. The van der Waals surface area contributed by atoms with Crippen molar-refractivity contribution in [1.82, 2.24) is 10.2 Å². The van der Waals surface area contributed by atoms with E-state index in [9.17, 15) is 23.1 Å². The second-order valence-electron chi connectivity index (χ2n) is 8.93. The molecule has 3 aliphatic rings. The fourth-order valence-electron chi connectivity index (χ4n) is 5.51. The summed E-state index contributed by atoms with van der Waals surface area (Å²) in [5.41, 5.74) is 0.386. The van der Waals surface area contributed by atoms with Crippen molar-refractivity contribution in [3.05, 3.63) is 29.3 Å². The lowest BCUT2D eigenvalue weighted by molar-refractivity contribution is -0.139. The molecule has 0 radical (unpaired) electrons. The summed E-state index contributed by atoms with van der Waals surface area (Å²) in [5, 5.41) is 13.0. The Balaban J connectivity index is 1.66. The van der Waals surface area contributed by atoms with Crippen LogP contribution in [0, 0.1) is 0 Å². The molecule has 1 atom stereocenters. The van der Waals surface area contributed by atoms with Gasteiger partial charge in [-0.3, -0.25) is 4.90 Å².